The smallest absolute Gasteiger partial charge is 0.341 e. The number of carbonyl (C=O) groups is 3. The molecule has 2 aliphatic rings. The van der Waals surface area contributed by atoms with Gasteiger partial charge in [0, 0.05) is 10.4 Å². The molecule has 1 aromatic heterocycles. The van der Waals surface area contributed by atoms with Crippen LogP contribution in [0.5, 0.6) is 0 Å². The number of hydrogen-bond donors (Lipinski definition) is 2. The number of benzene rings is 1. The summed E-state index contributed by atoms with van der Waals surface area (Å²) in [6, 6.07) is 6.00. The third-order valence-corrected chi connectivity index (χ3v) is 8.03. The second-order valence-corrected chi connectivity index (χ2v) is 9.97. The number of nitrogens with one attached hydrogen (secondary N) is 1. The van der Waals surface area contributed by atoms with Crippen LogP contribution in [0.2, 0.25) is 0 Å². The zero-order valence-corrected chi connectivity index (χ0v) is 19.0. The summed E-state index contributed by atoms with van der Waals surface area (Å²) in [6.07, 6.45) is 2.54. The Kier molecular flexibility index (Phi) is 5.64. The molecule has 31 heavy (non-hydrogen) atoms. The lowest BCUT2D eigenvalue weighted by Gasteiger charge is -2.26. The minimum atomic E-state index is -0.904. The zero-order valence-electron chi connectivity index (χ0n) is 18.2. The number of thiophene rings is 1. The number of ether oxygens (including phenoxy) is 1. The van der Waals surface area contributed by atoms with Crippen LogP contribution >= 0.6 is 11.3 Å². The Morgan fingerprint density at radius 3 is 2.35 bits per heavy atom. The van der Waals surface area contributed by atoms with Crippen molar-refractivity contribution in [3.8, 4) is 11.1 Å². The highest BCUT2D eigenvalue weighted by Gasteiger charge is 2.54. The molecule has 0 spiro atoms. The first kappa shape index (κ1) is 21.6. The number of amides is 1. The van der Waals surface area contributed by atoms with E-state index < -0.39 is 23.8 Å². The summed E-state index contributed by atoms with van der Waals surface area (Å²) in [6.45, 7) is 5.96. The van der Waals surface area contributed by atoms with Crippen LogP contribution in [0, 0.1) is 44.4 Å². The van der Waals surface area contributed by atoms with Gasteiger partial charge in [0.05, 0.1) is 18.9 Å². The van der Waals surface area contributed by atoms with Gasteiger partial charge in [-0.25, -0.2) is 4.79 Å². The highest BCUT2D eigenvalue weighted by atomic mass is 32.1. The third kappa shape index (κ3) is 3.65. The maximum atomic E-state index is 13.2. The van der Waals surface area contributed by atoms with Gasteiger partial charge in [-0.3, -0.25) is 9.59 Å². The maximum absolute atomic E-state index is 13.2. The van der Waals surface area contributed by atoms with Crippen LogP contribution in [-0.4, -0.2) is 30.1 Å². The van der Waals surface area contributed by atoms with Crippen molar-refractivity contribution in [2.45, 2.75) is 40.0 Å². The summed E-state index contributed by atoms with van der Waals surface area (Å²) in [7, 11) is 1.32. The normalized spacial score (nSPS) is 24.3. The molecule has 6 nitrogen and oxygen atoms in total. The molecule has 4 rings (SSSR count). The molecule has 1 heterocycles. The molecule has 0 radical (unpaired) electrons. The van der Waals surface area contributed by atoms with Crippen LogP contribution in [0.3, 0.4) is 0 Å². The summed E-state index contributed by atoms with van der Waals surface area (Å²) in [4.78, 5) is 38.7. The van der Waals surface area contributed by atoms with E-state index in [9.17, 15) is 19.5 Å². The van der Waals surface area contributed by atoms with Crippen LogP contribution in [0.15, 0.2) is 18.2 Å². The van der Waals surface area contributed by atoms with Crippen molar-refractivity contribution < 1.29 is 24.2 Å². The number of rotatable bonds is 5. The Hall–Kier alpha value is -2.67. The molecule has 2 aromatic rings. The van der Waals surface area contributed by atoms with Crippen molar-refractivity contribution in [1.29, 1.82) is 0 Å². The van der Waals surface area contributed by atoms with Gasteiger partial charge in [-0.05, 0) is 68.6 Å². The number of aryl methyl sites for hydroxylation is 3. The molecular weight excluding hydrogens is 414 g/mol. The van der Waals surface area contributed by atoms with E-state index in [-0.39, 0.29) is 17.7 Å². The second-order valence-electron chi connectivity index (χ2n) is 8.74. The van der Waals surface area contributed by atoms with Gasteiger partial charge in [-0.15, -0.1) is 11.3 Å². The fourth-order valence-corrected chi connectivity index (χ4v) is 6.46. The van der Waals surface area contributed by atoms with Crippen LogP contribution in [0.4, 0.5) is 5.00 Å². The highest BCUT2D eigenvalue weighted by molar-refractivity contribution is 7.17. The van der Waals surface area contributed by atoms with Gasteiger partial charge in [0.25, 0.3) is 0 Å². The highest BCUT2D eigenvalue weighted by Crippen LogP contribution is 2.53. The van der Waals surface area contributed by atoms with Gasteiger partial charge < -0.3 is 15.2 Å². The van der Waals surface area contributed by atoms with Crippen LogP contribution < -0.4 is 5.32 Å². The molecule has 2 N–H and O–H groups in total. The molecule has 4 unspecified atom stereocenters. The van der Waals surface area contributed by atoms with Gasteiger partial charge in [0.1, 0.15) is 10.6 Å². The van der Waals surface area contributed by atoms with E-state index in [0.29, 0.717) is 10.6 Å². The molecule has 4 atom stereocenters. The van der Waals surface area contributed by atoms with Crippen molar-refractivity contribution >= 4 is 34.2 Å². The Morgan fingerprint density at radius 1 is 1.06 bits per heavy atom. The van der Waals surface area contributed by atoms with Crippen molar-refractivity contribution in [2.75, 3.05) is 12.4 Å². The van der Waals surface area contributed by atoms with E-state index in [1.54, 1.807) is 0 Å². The van der Waals surface area contributed by atoms with Gasteiger partial charge in [-0.1, -0.05) is 18.2 Å². The number of carbonyl (C=O) groups excluding carboxylic acids is 2. The van der Waals surface area contributed by atoms with Crippen molar-refractivity contribution in [2.24, 2.45) is 23.7 Å². The monoisotopic (exact) mass is 441 g/mol. The lowest BCUT2D eigenvalue weighted by Crippen LogP contribution is -2.37. The number of carboxylic acids is 1. The minimum Gasteiger partial charge on any atom is -0.481 e. The maximum Gasteiger partial charge on any atom is 0.341 e. The zero-order chi connectivity index (χ0) is 22.4. The number of aliphatic carboxylic acids is 1. The molecule has 7 heteroatoms. The van der Waals surface area contributed by atoms with Crippen LogP contribution in [0.25, 0.3) is 11.1 Å². The second kappa shape index (κ2) is 8.11. The van der Waals surface area contributed by atoms with Crippen LogP contribution in [-0.2, 0) is 14.3 Å². The largest absolute Gasteiger partial charge is 0.481 e. The van der Waals surface area contributed by atoms with E-state index in [0.717, 1.165) is 46.4 Å². The summed E-state index contributed by atoms with van der Waals surface area (Å²) < 4.78 is 5.04. The molecular formula is C24H27NO5S. The first-order valence-electron chi connectivity index (χ1n) is 10.6. The fraction of sp³-hybridized carbons (Fsp3) is 0.458. The average molecular weight is 442 g/mol. The molecule has 164 valence electrons. The van der Waals surface area contributed by atoms with Crippen molar-refractivity contribution in [1.82, 2.24) is 0 Å². The number of carboxylic acid groups (broad SMARTS) is 1. The molecule has 2 saturated carbocycles. The molecule has 0 saturated heterocycles. The molecule has 2 aliphatic carbocycles. The summed E-state index contributed by atoms with van der Waals surface area (Å²) in [5.74, 6) is -2.79. The van der Waals surface area contributed by atoms with Crippen LogP contribution in [0.1, 0.15) is 45.6 Å². The van der Waals surface area contributed by atoms with Gasteiger partial charge in [-0.2, -0.15) is 0 Å². The Bertz CT molecular complexity index is 1070. The molecule has 0 aliphatic heterocycles. The topological polar surface area (TPSA) is 92.7 Å². The minimum absolute atomic E-state index is 0.0643. The summed E-state index contributed by atoms with van der Waals surface area (Å²) in [5, 5.41) is 13.0. The van der Waals surface area contributed by atoms with E-state index >= 15 is 0 Å². The molecule has 1 amide bonds. The van der Waals surface area contributed by atoms with Crippen molar-refractivity contribution in [3.05, 3.63) is 39.8 Å². The van der Waals surface area contributed by atoms with E-state index in [4.69, 9.17) is 4.74 Å². The van der Waals surface area contributed by atoms with Gasteiger partial charge >= 0.3 is 11.9 Å². The van der Waals surface area contributed by atoms with E-state index in [2.05, 4.69) is 5.32 Å². The number of methoxy groups -OCH3 is 1. The van der Waals surface area contributed by atoms with Gasteiger partial charge in [0.2, 0.25) is 5.91 Å². The fourth-order valence-electron chi connectivity index (χ4n) is 5.39. The lowest BCUT2D eigenvalue weighted by molar-refractivity contribution is -0.148. The quantitative estimate of drug-likeness (QED) is 0.650. The molecule has 2 fully saturated rings. The Labute approximate surface area is 185 Å². The Morgan fingerprint density at radius 2 is 1.74 bits per heavy atom. The van der Waals surface area contributed by atoms with E-state index in [1.165, 1.54) is 18.4 Å². The summed E-state index contributed by atoms with van der Waals surface area (Å²) >= 11 is 1.33. The lowest BCUT2D eigenvalue weighted by atomic mass is 9.78. The third-order valence-electron chi connectivity index (χ3n) is 7.01. The number of anilines is 1. The SMILES string of the molecule is COC(=O)c1c(NC(=O)C2C3CCC(C3)C2C(=O)O)sc(C)c1-c1ccc(C)c(C)c1. The predicted molar refractivity (Wildman–Crippen MR) is 119 cm³/mol. The number of esters is 1. The first-order valence-corrected chi connectivity index (χ1v) is 11.4. The predicted octanol–water partition coefficient (Wildman–Crippen LogP) is 4.81. The number of fused-ring (bicyclic) bond motifs is 2. The number of hydrogen-bond acceptors (Lipinski definition) is 5. The molecule has 1 aromatic carbocycles. The standard InChI is InChI=1S/C24H27NO5S/c1-11-5-6-14(9-12(11)2)17-13(3)31-22(20(17)24(29)30-4)25-21(26)18-15-7-8-16(10-15)19(18)23(27)28/h5-6,9,15-16,18-19H,7-8,10H2,1-4H3,(H,25,26)(H,27,28). The molecule has 2 bridgehead atoms. The van der Waals surface area contributed by atoms with Gasteiger partial charge in [0.15, 0.2) is 0 Å². The first-order chi connectivity index (χ1) is 14.7. The summed E-state index contributed by atoms with van der Waals surface area (Å²) in [5.41, 5.74) is 4.23. The van der Waals surface area contributed by atoms with Crippen molar-refractivity contribution in [3.63, 3.8) is 0 Å². The Balaban J connectivity index is 1.72. The van der Waals surface area contributed by atoms with E-state index in [1.807, 2.05) is 39.0 Å². The average Bonchev–Trinajstić information content (AvgIpc) is 3.42.